The van der Waals surface area contributed by atoms with Crippen LogP contribution in [0, 0.1) is 0 Å². The molecule has 0 aromatic heterocycles. The van der Waals surface area contributed by atoms with Gasteiger partial charge in [0.1, 0.15) is 5.75 Å². The van der Waals surface area contributed by atoms with Gasteiger partial charge in [0.05, 0.1) is 12.8 Å². The van der Waals surface area contributed by atoms with Gasteiger partial charge in [-0.25, -0.2) is 4.79 Å². The summed E-state index contributed by atoms with van der Waals surface area (Å²) in [6.45, 7) is 1.91. The summed E-state index contributed by atoms with van der Waals surface area (Å²) >= 11 is 0. The monoisotopic (exact) mass is 289 g/mol. The summed E-state index contributed by atoms with van der Waals surface area (Å²) in [7, 11) is 1.62. The van der Waals surface area contributed by atoms with E-state index in [1.165, 1.54) is 12.8 Å². The fourth-order valence-corrected chi connectivity index (χ4v) is 3.44. The number of carbonyl (C=O) groups excluding carboxylic acids is 1. The smallest absolute Gasteiger partial charge is 0.322 e. The lowest BCUT2D eigenvalue weighted by Gasteiger charge is -2.29. The van der Waals surface area contributed by atoms with E-state index < -0.39 is 0 Å². The molecule has 2 atom stereocenters. The first kappa shape index (κ1) is 14.2. The standard InChI is InChI=1S/C16H23N3O2/c1-21-15-9-3-2-6-13(15)18-16(20)19-11-5-8-14(19)12-7-4-10-17-12/h2-3,6,9,12,14,17H,4-5,7-8,10-11H2,1H3,(H,18,20)/t12-,14-/m0/s1. The Morgan fingerprint density at radius 3 is 2.95 bits per heavy atom. The molecule has 3 rings (SSSR count). The molecule has 21 heavy (non-hydrogen) atoms. The first-order chi connectivity index (χ1) is 10.3. The van der Waals surface area contributed by atoms with Crippen molar-refractivity contribution in [3.8, 4) is 5.75 Å². The number of hydrogen-bond donors (Lipinski definition) is 2. The molecule has 0 saturated carbocycles. The Morgan fingerprint density at radius 1 is 1.33 bits per heavy atom. The molecule has 5 heteroatoms. The Balaban J connectivity index is 1.69. The van der Waals surface area contributed by atoms with Crippen LogP contribution < -0.4 is 15.4 Å². The van der Waals surface area contributed by atoms with Crippen LogP contribution >= 0.6 is 0 Å². The van der Waals surface area contributed by atoms with Gasteiger partial charge in [0.25, 0.3) is 0 Å². The zero-order valence-electron chi connectivity index (χ0n) is 12.5. The molecule has 1 aromatic rings. The van der Waals surface area contributed by atoms with E-state index in [1.807, 2.05) is 29.2 Å². The van der Waals surface area contributed by atoms with E-state index in [0.29, 0.717) is 17.8 Å². The minimum Gasteiger partial charge on any atom is -0.495 e. The molecule has 2 heterocycles. The van der Waals surface area contributed by atoms with E-state index in [2.05, 4.69) is 10.6 Å². The quantitative estimate of drug-likeness (QED) is 0.898. The normalized spacial score (nSPS) is 25.1. The minimum absolute atomic E-state index is 0.0179. The molecule has 0 spiro atoms. The van der Waals surface area contributed by atoms with Gasteiger partial charge in [-0.15, -0.1) is 0 Å². The number of ether oxygens (including phenoxy) is 1. The zero-order valence-corrected chi connectivity index (χ0v) is 12.5. The lowest BCUT2D eigenvalue weighted by Crippen LogP contribution is -2.48. The van der Waals surface area contributed by atoms with Crippen LogP contribution in [0.25, 0.3) is 0 Å². The van der Waals surface area contributed by atoms with Crippen molar-refractivity contribution in [3.63, 3.8) is 0 Å². The Kier molecular flexibility index (Phi) is 4.29. The molecule has 5 nitrogen and oxygen atoms in total. The van der Waals surface area contributed by atoms with Crippen molar-refractivity contribution >= 4 is 11.7 Å². The molecule has 2 aliphatic heterocycles. The van der Waals surface area contributed by atoms with Gasteiger partial charge in [0.2, 0.25) is 0 Å². The number of nitrogens with one attached hydrogen (secondary N) is 2. The number of likely N-dealkylation sites (tertiary alicyclic amines) is 1. The lowest BCUT2D eigenvalue weighted by molar-refractivity contribution is 0.195. The molecule has 114 valence electrons. The van der Waals surface area contributed by atoms with Gasteiger partial charge in [-0.3, -0.25) is 0 Å². The summed E-state index contributed by atoms with van der Waals surface area (Å²) in [6, 6.07) is 8.28. The summed E-state index contributed by atoms with van der Waals surface area (Å²) in [6.07, 6.45) is 4.56. The predicted octanol–water partition coefficient (Wildman–Crippen LogP) is 2.44. The second-order valence-corrected chi connectivity index (χ2v) is 5.74. The molecule has 2 fully saturated rings. The van der Waals surface area contributed by atoms with Gasteiger partial charge in [0.15, 0.2) is 0 Å². The number of nitrogens with zero attached hydrogens (tertiary/aromatic N) is 1. The number of carbonyl (C=O) groups is 1. The maximum Gasteiger partial charge on any atom is 0.322 e. The second-order valence-electron chi connectivity index (χ2n) is 5.74. The molecule has 0 unspecified atom stereocenters. The number of rotatable bonds is 3. The number of urea groups is 1. The molecule has 0 bridgehead atoms. The average molecular weight is 289 g/mol. The van der Waals surface area contributed by atoms with Crippen LogP contribution in [0.15, 0.2) is 24.3 Å². The second kappa shape index (κ2) is 6.35. The van der Waals surface area contributed by atoms with E-state index in [9.17, 15) is 4.79 Å². The van der Waals surface area contributed by atoms with Crippen molar-refractivity contribution in [2.45, 2.75) is 37.8 Å². The van der Waals surface area contributed by atoms with Crippen molar-refractivity contribution in [1.29, 1.82) is 0 Å². The van der Waals surface area contributed by atoms with Crippen LogP contribution in [0.1, 0.15) is 25.7 Å². The third-order valence-corrected chi connectivity index (χ3v) is 4.47. The highest BCUT2D eigenvalue weighted by Gasteiger charge is 2.36. The Morgan fingerprint density at radius 2 is 2.19 bits per heavy atom. The van der Waals surface area contributed by atoms with Crippen LogP contribution in [-0.4, -0.2) is 43.2 Å². The lowest BCUT2D eigenvalue weighted by atomic mass is 10.0. The Hall–Kier alpha value is -1.75. The fraction of sp³-hybridized carbons (Fsp3) is 0.562. The highest BCUT2D eigenvalue weighted by Crippen LogP contribution is 2.28. The van der Waals surface area contributed by atoms with Crippen molar-refractivity contribution in [2.24, 2.45) is 0 Å². The molecular formula is C16H23N3O2. The summed E-state index contributed by atoms with van der Waals surface area (Å²) < 4.78 is 5.29. The van der Waals surface area contributed by atoms with Crippen LogP contribution in [0.3, 0.4) is 0 Å². The van der Waals surface area contributed by atoms with Gasteiger partial charge in [-0.1, -0.05) is 12.1 Å². The summed E-state index contributed by atoms with van der Waals surface area (Å²) in [5, 5.41) is 6.51. The van der Waals surface area contributed by atoms with Gasteiger partial charge < -0.3 is 20.3 Å². The largest absolute Gasteiger partial charge is 0.495 e. The number of hydrogen-bond acceptors (Lipinski definition) is 3. The molecule has 2 amide bonds. The molecule has 0 aliphatic carbocycles. The maximum atomic E-state index is 12.6. The van der Waals surface area contributed by atoms with E-state index in [0.717, 1.165) is 31.6 Å². The number of anilines is 1. The predicted molar refractivity (Wildman–Crippen MR) is 82.8 cm³/mol. The number of methoxy groups -OCH3 is 1. The highest BCUT2D eigenvalue weighted by molar-refractivity contribution is 5.91. The summed E-state index contributed by atoms with van der Waals surface area (Å²) in [5.41, 5.74) is 0.732. The fourth-order valence-electron chi connectivity index (χ4n) is 3.44. The van der Waals surface area contributed by atoms with Gasteiger partial charge in [-0.05, 0) is 44.4 Å². The van der Waals surface area contributed by atoms with E-state index in [1.54, 1.807) is 7.11 Å². The first-order valence-corrected chi connectivity index (χ1v) is 7.73. The summed E-state index contributed by atoms with van der Waals surface area (Å²) in [5.74, 6) is 0.695. The Bertz CT molecular complexity index is 500. The van der Waals surface area contributed by atoms with Gasteiger partial charge in [-0.2, -0.15) is 0 Å². The van der Waals surface area contributed by atoms with Crippen LogP contribution in [0.2, 0.25) is 0 Å². The van der Waals surface area contributed by atoms with Crippen LogP contribution in [-0.2, 0) is 0 Å². The van der Waals surface area contributed by atoms with Crippen molar-refractivity contribution < 1.29 is 9.53 Å². The van der Waals surface area contributed by atoms with Crippen molar-refractivity contribution in [1.82, 2.24) is 10.2 Å². The maximum absolute atomic E-state index is 12.6. The van der Waals surface area contributed by atoms with Crippen molar-refractivity contribution in [2.75, 3.05) is 25.5 Å². The minimum atomic E-state index is -0.0179. The third-order valence-electron chi connectivity index (χ3n) is 4.47. The SMILES string of the molecule is COc1ccccc1NC(=O)N1CCC[C@H]1[C@@H]1CCCN1. The number of benzene rings is 1. The zero-order chi connectivity index (χ0) is 14.7. The number of amides is 2. The van der Waals surface area contributed by atoms with Gasteiger partial charge in [0, 0.05) is 18.6 Å². The first-order valence-electron chi connectivity index (χ1n) is 7.73. The molecule has 0 radical (unpaired) electrons. The Labute approximate surface area is 125 Å². The van der Waals surface area contributed by atoms with Crippen LogP contribution in [0.5, 0.6) is 5.75 Å². The molecule has 2 N–H and O–H groups in total. The molecule has 2 aliphatic rings. The van der Waals surface area contributed by atoms with E-state index in [-0.39, 0.29) is 6.03 Å². The summed E-state index contributed by atoms with van der Waals surface area (Å²) in [4.78, 5) is 14.6. The van der Waals surface area contributed by atoms with E-state index in [4.69, 9.17) is 4.74 Å². The third kappa shape index (κ3) is 2.97. The average Bonchev–Trinajstić information content (AvgIpc) is 3.18. The van der Waals surface area contributed by atoms with Crippen LogP contribution in [0.4, 0.5) is 10.5 Å². The number of para-hydroxylation sites is 2. The topological polar surface area (TPSA) is 53.6 Å². The van der Waals surface area contributed by atoms with Gasteiger partial charge >= 0.3 is 6.03 Å². The van der Waals surface area contributed by atoms with E-state index >= 15 is 0 Å². The molecular weight excluding hydrogens is 266 g/mol. The molecule has 1 aromatic carbocycles. The highest BCUT2D eigenvalue weighted by atomic mass is 16.5. The van der Waals surface area contributed by atoms with Crippen molar-refractivity contribution in [3.05, 3.63) is 24.3 Å². The molecule has 2 saturated heterocycles.